The van der Waals surface area contributed by atoms with Crippen LogP contribution in [0.15, 0.2) is 24.3 Å². The maximum Gasteiger partial charge on any atom is 0.263 e. The first-order valence-corrected chi connectivity index (χ1v) is 7.50. The van der Waals surface area contributed by atoms with Crippen molar-refractivity contribution in [2.45, 2.75) is 31.5 Å². The number of alkyl halides is 1. The van der Waals surface area contributed by atoms with Crippen LogP contribution in [0.4, 0.5) is 5.69 Å². The number of rotatable bonds is 5. The molecule has 5 heteroatoms. The molecule has 1 aliphatic heterocycles. The van der Waals surface area contributed by atoms with E-state index in [9.17, 15) is 15.0 Å². The predicted octanol–water partition coefficient (Wildman–Crippen LogP) is 1.78. The molecular weight excluding hydrogens is 310 g/mol. The van der Waals surface area contributed by atoms with E-state index < -0.39 is 11.7 Å². The van der Waals surface area contributed by atoms with Crippen molar-refractivity contribution in [2.75, 3.05) is 16.8 Å². The molecule has 104 valence electrons. The standard InChI is InChI=1S/C14H18BrNO3/c1-10(17)9-14(19)11-5-2-3-6-12(11)16(13(14)18)8-4-7-15/h2-3,5-6,10,17,19H,4,7-9H2,1H3. The highest BCUT2D eigenvalue weighted by atomic mass is 79.9. The lowest BCUT2D eigenvalue weighted by atomic mass is 9.90. The summed E-state index contributed by atoms with van der Waals surface area (Å²) in [4.78, 5) is 14.1. The van der Waals surface area contributed by atoms with Crippen molar-refractivity contribution in [1.29, 1.82) is 0 Å². The molecule has 0 bridgehead atoms. The quantitative estimate of drug-likeness (QED) is 0.810. The third kappa shape index (κ3) is 2.55. The van der Waals surface area contributed by atoms with Crippen molar-refractivity contribution in [1.82, 2.24) is 0 Å². The van der Waals surface area contributed by atoms with E-state index in [1.165, 1.54) is 0 Å². The normalized spacial score (nSPS) is 23.6. The summed E-state index contributed by atoms with van der Waals surface area (Å²) in [6.07, 6.45) is 0.0940. The summed E-state index contributed by atoms with van der Waals surface area (Å²) in [6, 6.07) is 7.24. The molecule has 1 aromatic carbocycles. The fourth-order valence-electron chi connectivity index (χ4n) is 2.57. The van der Waals surface area contributed by atoms with E-state index in [4.69, 9.17) is 0 Å². The topological polar surface area (TPSA) is 60.8 Å². The molecule has 2 N–H and O–H groups in total. The second-order valence-electron chi connectivity index (χ2n) is 4.93. The zero-order valence-corrected chi connectivity index (χ0v) is 12.4. The Labute approximate surface area is 121 Å². The number of fused-ring (bicyclic) bond motifs is 1. The van der Waals surface area contributed by atoms with Crippen LogP contribution in [0, 0.1) is 0 Å². The smallest absolute Gasteiger partial charge is 0.263 e. The molecule has 1 heterocycles. The minimum absolute atomic E-state index is 0.0215. The van der Waals surface area contributed by atoms with Crippen molar-refractivity contribution < 1.29 is 15.0 Å². The summed E-state index contributed by atoms with van der Waals surface area (Å²) >= 11 is 3.34. The van der Waals surface area contributed by atoms with Crippen LogP contribution in [0.2, 0.25) is 0 Å². The molecule has 1 amide bonds. The lowest BCUT2D eigenvalue weighted by molar-refractivity contribution is -0.139. The molecule has 1 aromatic rings. The average molecular weight is 328 g/mol. The van der Waals surface area contributed by atoms with Crippen LogP contribution in [-0.2, 0) is 10.4 Å². The van der Waals surface area contributed by atoms with Gasteiger partial charge in [0.25, 0.3) is 5.91 Å². The third-order valence-corrected chi connectivity index (χ3v) is 3.91. The highest BCUT2D eigenvalue weighted by Gasteiger charge is 2.49. The third-order valence-electron chi connectivity index (χ3n) is 3.35. The van der Waals surface area contributed by atoms with Crippen molar-refractivity contribution in [2.24, 2.45) is 0 Å². The van der Waals surface area contributed by atoms with Gasteiger partial charge in [0, 0.05) is 23.9 Å². The van der Waals surface area contributed by atoms with Gasteiger partial charge < -0.3 is 15.1 Å². The number of nitrogens with zero attached hydrogens (tertiary/aromatic N) is 1. The Morgan fingerprint density at radius 2 is 2.11 bits per heavy atom. The van der Waals surface area contributed by atoms with Gasteiger partial charge >= 0.3 is 0 Å². The highest BCUT2D eigenvalue weighted by molar-refractivity contribution is 9.09. The monoisotopic (exact) mass is 327 g/mol. The van der Waals surface area contributed by atoms with Crippen molar-refractivity contribution >= 4 is 27.5 Å². The Kier molecular flexibility index (Phi) is 4.28. The molecule has 0 saturated heterocycles. The molecule has 0 radical (unpaired) electrons. The van der Waals surface area contributed by atoms with Crippen LogP contribution in [0.1, 0.15) is 25.3 Å². The molecule has 2 atom stereocenters. The van der Waals surface area contributed by atoms with Crippen molar-refractivity contribution in [3.8, 4) is 0 Å². The minimum Gasteiger partial charge on any atom is -0.393 e. The highest BCUT2D eigenvalue weighted by Crippen LogP contribution is 2.42. The first-order valence-electron chi connectivity index (χ1n) is 6.38. The Bertz CT molecular complexity index is 478. The fraction of sp³-hybridized carbons (Fsp3) is 0.500. The largest absolute Gasteiger partial charge is 0.393 e. The second kappa shape index (κ2) is 5.61. The van der Waals surface area contributed by atoms with E-state index in [1.807, 2.05) is 12.1 Å². The van der Waals surface area contributed by atoms with Gasteiger partial charge in [0.15, 0.2) is 5.60 Å². The van der Waals surface area contributed by atoms with E-state index in [0.717, 1.165) is 17.4 Å². The van der Waals surface area contributed by atoms with E-state index in [-0.39, 0.29) is 12.3 Å². The molecule has 2 unspecified atom stereocenters. The minimum atomic E-state index is -1.60. The van der Waals surface area contributed by atoms with E-state index in [0.29, 0.717) is 12.1 Å². The van der Waals surface area contributed by atoms with Crippen LogP contribution < -0.4 is 4.90 Å². The molecule has 2 rings (SSSR count). The zero-order chi connectivity index (χ0) is 14.0. The Morgan fingerprint density at radius 3 is 2.74 bits per heavy atom. The molecule has 1 aliphatic rings. The lowest BCUT2D eigenvalue weighted by Crippen LogP contribution is -2.42. The summed E-state index contributed by atoms with van der Waals surface area (Å²) in [5.74, 6) is -0.337. The molecule has 0 aliphatic carbocycles. The molecule has 0 fully saturated rings. The van der Waals surface area contributed by atoms with E-state index in [2.05, 4.69) is 15.9 Å². The Morgan fingerprint density at radius 1 is 1.42 bits per heavy atom. The molecule has 0 saturated carbocycles. The number of aliphatic hydroxyl groups is 2. The SMILES string of the molecule is CC(O)CC1(O)C(=O)N(CCCBr)c2ccccc21. The van der Waals surface area contributed by atoms with E-state index >= 15 is 0 Å². The average Bonchev–Trinajstić information content (AvgIpc) is 2.57. The summed E-state index contributed by atoms with van der Waals surface area (Å²) < 4.78 is 0. The van der Waals surface area contributed by atoms with Crippen LogP contribution in [-0.4, -0.2) is 34.1 Å². The molecular formula is C14H18BrNO3. The second-order valence-corrected chi connectivity index (χ2v) is 5.72. The van der Waals surface area contributed by atoms with Crippen LogP contribution in [0.25, 0.3) is 0 Å². The lowest BCUT2D eigenvalue weighted by Gasteiger charge is -2.24. The Hall–Kier alpha value is -0.910. The van der Waals surface area contributed by atoms with Gasteiger partial charge in [-0.25, -0.2) is 0 Å². The van der Waals surface area contributed by atoms with Crippen LogP contribution >= 0.6 is 15.9 Å². The Balaban J connectivity index is 2.40. The van der Waals surface area contributed by atoms with Gasteiger partial charge in [-0.05, 0) is 19.4 Å². The summed E-state index contributed by atoms with van der Waals surface area (Å²) in [6.45, 7) is 2.14. The molecule has 0 aromatic heterocycles. The first-order chi connectivity index (χ1) is 9.00. The number of halogens is 1. The van der Waals surface area contributed by atoms with Gasteiger partial charge in [-0.15, -0.1) is 0 Å². The molecule has 0 spiro atoms. The molecule has 19 heavy (non-hydrogen) atoms. The number of anilines is 1. The predicted molar refractivity (Wildman–Crippen MR) is 77.4 cm³/mol. The van der Waals surface area contributed by atoms with Crippen molar-refractivity contribution in [3.63, 3.8) is 0 Å². The number of amides is 1. The summed E-state index contributed by atoms with van der Waals surface area (Å²) in [7, 11) is 0. The zero-order valence-electron chi connectivity index (χ0n) is 10.8. The number of para-hydroxylation sites is 1. The maximum absolute atomic E-state index is 12.5. The number of carbonyl (C=O) groups is 1. The van der Waals surface area contributed by atoms with Gasteiger partial charge in [-0.3, -0.25) is 4.79 Å². The number of aliphatic hydroxyl groups excluding tert-OH is 1. The van der Waals surface area contributed by atoms with Crippen LogP contribution in [0.3, 0.4) is 0 Å². The number of carbonyl (C=O) groups excluding carboxylic acids is 1. The molecule has 4 nitrogen and oxygen atoms in total. The summed E-state index contributed by atoms with van der Waals surface area (Å²) in [5.41, 5.74) is -0.260. The first kappa shape index (κ1) is 14.5. The fourth-order valence-corrected chi connectivity index (χ4v) is 2.82. The number of hydrogen-bond acceptors (Lipinski definition) is 3. The number of benzene rings is 1. The van der Waals surface area contributed by atoms with Gasteiger partial charge in [0.1, 0.15) is 0 Å². The summed E-state index contributed by atoms with van der Waals surface area (Å²) in [5, 5.41) is 21.0. The van der Waals surface area contributed by atoms with Gasteiger partial charge in [0.05, 0.1) is 11.8 Å². The number of hydrogen-bond donors (Lipinski definition) is 2. The maximum atomic E-state index is 12.5. The van der Waals surface area contributed by atoms with Gasteiger partial charge in [-0.2, -0.15) is 0 Å². The van der Waals surface area contributed by atoms with E-state index in [1.54, 1.807) is 24.0 Å². The van der Waals surface area contributed by atoms with Gasteiger partial charge in [-0.1, -0.05) is 34.1 Å². The van der Waals surface area contributed by atoms with Crippen LogP contribution in [0.5, 0.6) is 0 Å². The van der Waals surface area contributed by atoms with Crippen molar-refractivity contribution in [3.05, 3.63) is 29.8 Å². The van der Waals surface area contributed by atoms with Gasteiger partial charge in [0.2, 0.25) is 0 Å².